The van der Waals surface area contributed by atoms with Gasteiger partial charge in [-0.3, -0.25) is 19.8 Å². The van der Waals surface area contributed by atoms with E-state index in [4.69, 9.17) is 0 Å². The third-order valence-corrected chi connectivity index (χ3v) is 2.32. The number of hydrogen-bond donors (Lipinski definition) is 1. The predicted molar refractivity (Wildman–Crippen MR) is 53.9 cm³/mol. The molecule has 1 N–H and O–H groups in total. The summed E-state index contributed by atoms with van der Waals surface area (Å²) in [7, 11) is 0. The standard InChI is InChI=1S/C10H16N2O3/c1-7(2)5-3-4-6-12-9(14)8(13)11-10(12)15/h7H,3-6H2,1-2H3,(H,11,13,15). The first-order valence-electron chi connectivity index (χ1n) is 5.19. The van der Waals surface area contributed by atoms with E-state index in [1.54, 1.807) is 0 Å². The molecule has 1 fully saturated rings. The topological polar surface area (TPSA) is 66.5 Å². The van der Waals surface area contributed by atoms with Gasteiger partial charge in [-0.15, -0.1) is 0 Å². The Morgan fingerprint density at radius 3 is 2.33 bits per heavy atom. The van der Waals surface area contributed by atoms with Gasteiger partial charge in [0, 0.05) is 6.54 Å². The molecule has 0 saturated carbocycles. The van der Waals surface area contributed by atoms with Crippen LogP contribution >= 0.6 is 0 Å². The van der Waals surface area contributed by atoms with E-state index >= 15 is 0 Å². The second-order valence-electron chi connectivity index (χ2n) is 4.11. The Morgan fingerprint density at radius 1 is 1.20 bits per heavy atom. The Kier molecular flexibility index (Phi) is 3.82. The average Bonchev–Trinajstić information content (AvgIpc) is 2.37. The van der Waals surface area contributed by atoms with Crippen LogP contribution in [0.25, 0.3) is 0 Å². The molecule has 0 aromatic rings. The molecule has 4 amide bonds. The molecule has 0 aliphatic carbocycles. The highest BCUT2D eigenvalue weighted by Gasteiger charge is 2.35. The van der Waals surface area contributed by atoms with Crippen LogP contribution in [0.1, 0.15) is 33.1 Å². The van der Waals surface area contributed by atoms with Crippen LogP contribution < -0.4 is 5.32 Å². The molecule has 0 atom stereocenters. The van der Waals surface area contributed by atoms with Gasteiger partial charge in [0.05, 0.1) is 0 Å². The van der Waals surface area contributed by atoms with Gasteiger partial charge in [0.15, 0.2) is 0 Å². The monoisotopic (exact) mass is 212 g/mol. The van der Waals surface area contributed by atoms with Gasteiger partial charge in [-0.05, 0) is 12.3 Å². The molecule has 0 radical (unpaired) electrons. The quantitative estimate of drug-likeness (QED) is 0.418. The molecule has 0 spiro atoms. The summed E-state index contributed by atoms with van der Waals surface area (Å²) < 4.78 is 0. The summed E-state index contributed by atoms with van der Waals surface area (Å²) in [5.41, 5.74) is 0. The van der Waals surface area contributed by atoms with E-state index in [1.165, 1.54) is 0 Å². The summed E-state index contributed by atoms with van der Waals surface area (Å²) in [6, 6.07) is -0.588. The molecule has 0 unspecified atom stereocenters. The van der Waals surface area contributed by atoms with Gasteiger partial charge >= 0.3 is 17.8 Å². The van der Waals surface area contributed by atoms with Crippen molar-refractivity contribution < 1.29 is 14.4 Å². The molecular weight excluding hydrogens is 196 g/mol. The number of unbranched alkanes of at least 4 members (excludes halogenated alkanes) is 1. The van der Waals surface area contributed by atoms with Crippen molar-refractivity contribution in [3.8, 4) is 0 Å². The van der Waals surface area contributed by atoms with Gasteiger partial charge in [0.25, 0.3) is 0 Å². The van der Waals surface area contributed by atoms with Gasteiger partial charge in [0.2, 0.25) is 0 Å². The number of amides is 4. The summed E-state index contributed by atoms with van der Waals surface area (Å²) in [5.74, 6) is -0.928. The molecule has 1 saturated heterocycles. The molecule has 5 heteroatoms. The van der Waals surface area contributed by atoms with E-state index in [2.05, 4.69) is 13.8 Å². The van der Waals surface area contributed by atoms with Crippen LogP contribution in [0.2, 0.25) is 0 Å². The third-order valence-electron chi connectivity index (χ3n) is 2.32. The number of nitrogens with zero attached hydrogens (tertiary/aromatic N) is 1. The first-order chi connectivity index (χ1) is 7.02. The maximum atomic E-state index is 11.1. The van der Waals surface area contributed by atoms with Crippen molar-refractivity contribution >= 4 is 17.8 Å². The largest absolute Gasteiger partial charge is 0.331 e. The molecule has 1 aliphatic heterocycles. The highest BCUT2D eigenvalue weighted by Crippen LogP contribution is 2.08. The smallest absolute Gasteiger partial charge is 0.269 e. The Hall–Kier alpha value is -1.39. The lowest BCUT2D eigenvalue weighted by Gasteiger charge is -2.11. The number of nitrogens with one attached hydrogen (secondary N) is 1. The fourth-order valence-electron chi connectivity index (χ4n) is 1.46. The van der Waals surface area contributed by atoms with E-state index in [1.807, 2.05) is 5.32 Å². The van der Waals surface area contributed by atoms with Crippen molar-refractivity contribution in [3.63, 3.8) is 0 Å². The zero-order valence-corrected chi connectivity index (χ0v) is 9.08. The lowest BCUT2D eigenvalue weighted by atomic mass is 10.1. The Balaban J connectivity index is 2.30. The van der Waals surface area contributed by atoms with Crippen LogP contribution in [-0.4, -0.2) is 29.3 Å². The summed E-state index contributed by atoms with van der Waals surface area (Å²) >= 11 is 0. The average molecular weight is 212 g/mol. The van der Waals surface area contributed by atoms with Crippen molar-refractivity contribution in [2.24, 2.45) is 5.92 Å². The van der Waals surface area contributed by atoms with E-state index in [9.17, 15) is 14.4 Å². The van der Waals surface area contributed by atoms with Crippen molar-refractivity contribution in [1.82, 2.24) is 10.2 Å². The Morgan fingerprint density at radius 2 is 1.87 bits per heavy atom. The summed E-state index contributed by atoms with van der Waals surface area (Å²) in [6.07, 6.45) is 2.78. The highest BCUT2D eigenvalue weighted by atomic mass is 16.2. The second-order valence-corrected chi connectivity index (χ2v) is 4.11. The normalized spacial score (nSPS) is 16.5. The highest BCUT2D eigenvalue weighted by molar-refractivity contribution is 6.44. The minimum absolute atomic E-state index is 0.336. The molecule has 0 aromatic heterocycles. The summed E-state index contributed by atoms with van der Waals surface area (Å²) in [5, 5.41) is 1.96. The van der Waals surface area contributed by atoms with Gasteiger partial charge in [-0.2, -0.15) is 0 Å². The first kappa shape index (κ1) is 11.7. The SMILES string of the molecule is CC(C)CCCCN1C(=O)NC(=O)C1=O. The zero-order chi connectivity index (χ0) is 11.4. The van der Waals surface area contributed by atoms with Gasteiger partial charge in [-0.25, -0.2) is 4.79 Å². The van der Waals surface area contributed by atoms with Crippen LogP contribution in [0.4, 0.5) is 4.79 Å². The number of rotatable bonds is 5. The fraction of sp³-hybridized carbons (Fsp3) is 0.700. The van der Waals surface area contributed by atoms with Gasteiger partial charge in [0.1, 0.15) is 0 Å². The van der Waals surface area contributed by atoms with E-state index in [-0.39, 0.29) is 0 Å². The van der Waals surface area contributed by atoms with E-state index < -0.39 is 17.8 Å². The summed E-state index contributed by atoms with van der Waals surface area (Å²) in [4.78, 5) is 34.0. The third kappa shape index (κ3) is 3.04. The van der Waals surface area contributed by atoms with E-state index in [0.717, 1.165) is 24.2 Å². The molecule has 0 bridgehead atoms. The number of carbonyl (C=O) groups is 3. The van der Waals surface area contributed by atoms with Crippen molar-refractivity contribution in [3.05, 3.63) is 0 Å². The molecular formula is C10H16N2O3. The van der Waals surface area contributed by atoms with Crippen molar-refractivity contribution in [2.75, 3.05) is 6.54 Å². The maximum absolute atomic E-state index is 11.1. The number of carbonyl (C=O) groups excluding carboxylic acids is 3. The Labute approximate surface area is 88.8 Å². The molecule has 1 aliphatic rings. The van der Waals surface area contributed by atoms with Crippen LogP contribution in [0.5, 0.6) is 0 Å². The zero-order valence-electron chi connectivity index (χ0n) is 9.08. The van der Waals surface area contributed by atoms with Crippen LogP contribution in [-0.2, 0) is 9.59 Å². The molecule has 15 heavy (non-hydrogen) atoms. The summed E-state index contributed by atoms with van der Waals surface area (Å²) in [6.45, 7) is 4.58. The molecule has 1 heterocycles. The van der Waals surface area contributed by atoms with Crippen molar-refractivity contribution in [2.45, 2.75) is 33.1 Å². The molecule has 84 valence electrons. The maximum Gasteiger partial charge on any atom is 0.331 e. The minimum atomic E-state index is -0.816. The van der Waals surface area contributed by atoms with Crippen LogP contribution in [0, 0.1) is 5.92 Å². The number of hydrogen-bond acceptors (Lipinski definition) is 3. The number of urea groups is 1. The Bertz CT molecular complexity index is 286. The van der Waals surface area contributed by atoms with Gasteiger partial charge in [-0.1, -0.05) is 26.7 Å². The van der Waals surface area contributed by atoms with Crippen LogP contribution in [0.15, 0.2) is 0 Å². The lowest BCUT2D eigenvalue weighted by molar-refractivity contribution is -0.140. The number of imide groups is 2. The van der Waals surface area contributed by atoms with Crippen molar-refractivity contribution in [1.29, 1.82) is 0 Å². The predicted octanol–water partition coefficient (Wildman–Crippen LogP) is 0.891. The molecule has 1 rings (SSSR count). The molecule has 0 aromatic carbocycles. The van der Waals surface area contributed by atoms with Gasteiger partial charge < -0.3 is 0 Å². The second kappa shape index (κ2) is 4.91. The molecule has 5 nitrogen and oxygen atoms in total. The minimum Gasteiger partial charge on any atom is -0.269 e. The lowest BCUT2D eigenvalue weighted by Crippen LogP contribution is -2.31. The van der Waals surface area contributed by atoms with Crippen LogP contribution in [0.3, 0.4) is 0 Å². The van der Waals surface area contributed by atoms with E-state index in [0.29, 0.717) is 12.5 Å². The fourth-order valence-corrected chi connectivity index (χ4v) is 1.46. The first-order valence-corrected chi connectivity index (χ1v) is 5.19.